The van der Waals surface area contributed by atoms with Crippen LogP contribution in [0.1, 0.15) is 0 Å². The highest BCUT2D eigenvalue weighted by atomic mass is 32.2. The fourth-order valence-electron chi connectivity index (χ4n) is 7.96. The molecule has 0 saturated heterocycles. The molecule has 10 rings (SSSR count). The van der Waals surface area contributed by atoms with Gasteiger partial charge in [-0.2, -0.15) is 21.6 Å². The van der Waals surface area contributed by atoms with E-state index in [1.165, 1.54) is 12.1 Å². The van der Waals surface area contributed by atoms with Crippen molar-refractivity contribution in [1.29, 1.82) is 0 Å². The van der Waals surface area contributed by atoms with Gasteiger partial charge in [0.25, 0.3) is 0 Å². The standard InChI is InChI=1S/C47H27F3O4S/c48-47(49,50)55(51,52)54-44-18-8-10-31-26-29(20-23-34(31)44)28-19-22-33-30(25-28)9-7-16-36(33)46-39-14-3-1-12-37(39)45(38-13-2-4-15-40(38)46)32-21-24-43-41(27-32)35-11-5-6-17-42(35)53-43/h1-27H. The van der Waals surface area contributed by atoms with Crippen LogP contribution in [0.25, 0.3) is 98.4 Å². The third kappa shape index (κ3) is 5.32. The second kappa shape index (κ2) is 12.2. The molecular weight excluding hydrogens is 718 g/mol. The van der Waals surface area contributed by atoms with Gasteiger partial charge in [0.2, 0.25) is 0 Å². The number of fused-ring (bicyclic) bond motifs is 7. The summed E-state index contributed by atoms with van der Waals surface area (Å²) in [4.78, 5) is 0. The van der Waals surface area contributed by atoms with Crippen LogP contribution in [-0.2, 0) is 10.1 Å². The van der Waals surface area contributed by atoms with E-state index in [0.717, 1.165) is 87.6 Å². The van der Waals surface area contributed by atoms with Crippen LogP contribution in [0.2, 0.25) is 0 Å². The van der Waals surface area contributed by atoms with Gasteiger partial charge in [0, 0.05) is 16.2 Å². The fraction of sp³-hybridized carbons (Fsp3) is 0.0213. The molecule has 0 fully saturated rings. The molecule has 10 aromatic rings. The molecule has 266 valence electrons. The first-order chi connectivity index (χ1) is 26.6. The van der Waals surface area contributed by atoms with Crippen molar-refractivity contribution in [1.82, 2.24) is 0 Å². The summed E-state index contributed by atoms with van der Waals surface area (Å²) in [5.41, 5.74) is 2.38. The van der Waals surface area contributed by atoms with Gasteiger partial charge in [0.1, 0.15) is 11.2 Å². The Hall–Kier alpha value is -6.64. The molecule has 0 bridgehead atoms. The number of para-hydroxylation sites is 1. The van der Waals surface area contributed by atoms with Crippen LogP contribution in [0.4, 0.5) is 13.2 Å². The Balaban J connectivity index is 1.12. The molecule has 0 saturated carbocycles. The molecule has 0 aliphatic carbocycles. The zero-order valence-corrected chi connectivity index (χ0v) is 29.6. The molecule has 8 heteroatoms. The smallest absolute Gasteiger partial charge is 0.456 e. The molecule has 55 heavy (non-hydrogen) atoms. The first kappa shape index (κ1) is 33.0. The van der Waals surface area contributed by atoms with Crippen molar-refractivity contribution in [3.05, 3.63) is 164 Å². The van der Waals surface area contributed by atoms with E-state index in [1.807, 2.05) is 30.3 Å². The average molecular weight is 745 g/mol. The maximum atomic E-state index is 13.1. The van der Waals surface area contributed by atoms with Crippen LogP contribution >= 0.6 is 0 Å². The maximum Gasteiger partial charge on any atom is 0.534 e. The average Bonchev–Trinajstić information content (AvgIpc) is 3.57. The normalized spacial score (nSPS) is 12.4. The van der Waals surface area contributed by atoms with Crippen molar-refractivity contribution in [2.24, 2.45) is 0 Å². The molecule has 1 aromatic heterocycles. The molecular formula is C47H27F3O4S. The lowest BCUT2D eigenvalue weighted by molar-refractivity contribution is -0.0499. The largest absolute Gasteiger partial charge is 0.534 e. The zero-order valence-electron chi connectivity index (χ0n) is 28.8. The van der Waals surface area contributed by atoms with Crippen molar-refractivity contribution in [2.45, 2.75) is 5.51 Å². The van der Waals surface area contributed by atoms with Gasteiger partial charge in [-0.25, -0.2) is 0 Å². The number of benzene rings is 9. The van der Waals surface area contributed by atoms with Gasteiger partial charge in [-0.15, -0.1) is 0 Å². The van der Waals surface area contributed by atoms with Crippen LogP contribution in [0, 0.1) is 0 Å². The first-order valence-corrected chi connectivity index (χ1v) is 19.0. The summed E-state index contributed by atoms with van der Waals surface area (Å²) in [6, 6.07) is 53.7. The highest BCUT2D eigenvalue weighted by Gasteiger charge is 2.48. The summed E-state index contributed by atoms with van der Waals surface area (Å²) in [6.07, 6.45) is 0. The minimum absolute atomic E-state index is 0.252. The molecule has 0 unspecified atom stereocenters. The fourth-order valence-corrected chi connectivity index (χ4v) is 8.44. The lowest BCUT2D eigenvalue weighted by Gasteiger charge is -2.19. The van der Waals surface area contributed by atoms with E-state index in [9.17, 15) is 21.6 Å². The van der Waals surface area contributed by atoms with Gasteiger partial charge >= 0.3 is 15.6 Å². The van der Waals surface area contributed by atoms with Crippen LogP contribution in [0.3, 0.4) is 0 Å². The molecule has 4 nitrogen and oxygen atoms in total. The molecule has 0 spiro atoms. The summed E-state index contributed by atoms with van der Waals surface area (Å²) in [7, 11) is -5.82. The van der Waals surface area contributed by atoms with Gasteiger partial charge < -0.3 is 8.60 Å². The highest BCUT2D eigenvalue weighted by Crippen LogP contribution is 2.46. The molecule has 0 amide bonds. The van der Waals surface area contributed by atoms with Crippen molar-refractivity contribution in [3.63, 3.8) is 0 Å². The quantitative estimate of drug-likeness (QED) is 0.100. The number of furan rings is 1. The Bertz CT molecular complexity index is 3250. The summed E-state index contributed by atoms with van der Waals surface area (Å²) in [5, 5.41) is 9.56. The zero-order chi connectivity index (χ0) is 37.5. The number of alkyl halides is 3. The maximum absolute atomic E-state index is 13.1. The number of rotatable bonds is 5. The summed E-state index contributed by atoms with van der Waals surface area (Å²) >= 11 is 0. The van der Waals surface area contributed by atoms with Crippen LogP contribution in [0.5, 0.6) is 5.75 Å². The SMILES string of the molecule is O=S(=O)(Oc1cccc2cc(-c3ccc4c(-c5c6ccccc6c(-c6ccc7oc8ccccc8c7c6)c6ccccc56)cccc4c3)ccc12)C(F)(F)F. The molecule has 9 aromatic carbocycles. The topological polar surface area (TPSA) is 56.5 Å². The number of hydrogen-bond donors (Lipinski definition) is 0. The molecule has 1 heterocycles. The van der Waals surface area contributed by atoms with Crippen LogP contribution in [0.15, 0.2) is 168 Å². The van der Waals surface area contributed by atoms with E-state index >= 15 is 0 Å². The second-order valence-electron chi connectivity index (χ2n) is 13.6. The highest BCUT2D eigenvalue weighted by molar-refractivity contribution is 7.88. The van der Waals surface area contributed by atoms with Gasteiger partial charge in [0.05, 0.1) is 0 Å². The molecule has 0 N–H and O–H groups in total. The summed E-state index contributed by atoms with van der Waals surface area (Å²) in [5.74, 6) is -0.384. The van der Waals surface area contributed by atoms with Gasteiger partial charge in [-0.3, -0.25) is 0 Å². The molecule has 0 aliphatic heterocycles. The van der Waals surface area contributed by atoms with E-state index in [2.05, 4.69) is 107 Å². The predicted molar refractivity (Wildman–Crippen MR) is 216 cm³/mol. The Morgan fingerprint density at radius 2 is 0.964 bits per heavy atom. The first-order valence-electron chi connectivity index (χ1n) is 17.6. The van der Waals surface area contributed by atoms with E-state index in [-0.39, 0.29) is 11.1 Å². The van der Waals surface area contributed by atoms with Crippen LogP contribution < -0.4 is 4.18 Å². The Morgan fingerprint density at radius 3 is 1.62 bits per heavy atom. The monoisotopic (exact) mass is 744 g/mol. The second-order valence-corrected chi connectivity index (χ2v) is 15.1. The third-order valence-corrected chi connectivity index (χ3v) is 11.4. The Morgan fingerprint density at radius 1 is 0.436 bits per heavy atom. The van der Waals surface area contributed by atoms with Crippen LogP contribution in [-0.4, -0.2) is 13.9 Å². The number of hydrogen-bond acceptors (Lipinski definition) is 4. The van der Waals surface area contributed by atoms with E-state index in [4.69, 9.17) is 4.42 Å². The Kier molecular flexibility index (Phi) is 7.31. The van der Waals surface area contributed by atoms with Crippen molar-refractivity contribution in [2.75, 3.05) is 0 Å². The lowest BCUT2D eigenvalue weighted by Crippen LogP contribution is -2.28. The van der Waals surface area contributed by atoms with E-state index < -0.39 is 15.6 Å². The van der Waals surface area contributed by atoms with Crippen molar-refractivity contribution >= 4 is 75.1 Å². The van der Waals surface area contributed by atoms with Gasteiger partial charge in [-0.1, -0.05) is 121 Å². The lowest BCUT2D eigenvalue weighted by atomic mass is 9.84. The molecule has 0 aliphatic rings. The summed E-state index contributed by atoms with van der Waals surface area (Å²) < 4.78 is 73.4. The van der Waals surface area contributed by atoms with Gasteiger partial charge in [0.15, 0.2) is 5.75 Å². The molecule has 0 radical (unpaired) electrons. The number of halogens is 3. The van der Waals surface area contributed by atoms with Crippen molar-refractivity contribution in [3.8, 4) is 39.1 Å². The molecule has 0 atom stereocenters. The minimum Gasteiger partial charge on any atom is -0.456 e. The van der Waals surface area contributed by atoms with E-state index in [0.29, 0.717) is 5.39 Å². The van der Waals surface area contributed by atoms with Gasteiger partial charge in [-0.05, 0) is 114 Å². The predicted octanol–water partition coefficient (Wildman–Crippen LogP) is 13.4. The van der Waals surface area contributed by atoms with E-state index in [1.54, 1.807) is 18.2 Å². The Labute approximate surface area is 312 Å². The third-order valence-electron chi connectivity index (χ3n) is 10.4. The van der Waals surface area contributed by atoms with Crippen molar-refractivity contribution < 1.29 is 30.2 Å². The summed E-state index contributed by atoms with van der Waals surface area (Å²) in [6.45, 7) is 0. The minimum atomic E-state index is -5.82.